The van der Waals surface area contributed by atoms with Gasteiger partial charge < -0.3 is 14.5 Å². The number of phosphoric acid groups is 1. The van der Waals surface area contributed by atoms with E-state index in [9.17, 15) is 9.36 Å². The van der Waals surface area contributed by atoms with E-state index in [1.165, 1.54) is 13.2 Å². The smallest absolute Gasteiger partial charge is 0.466 e. The highest BCUT2D eigenvalue weighted by molar-refractivity contribution is 7.46. The van der Waals surface area contributed by atoms with Gasteiger partial charge in [-0.15, -0.1) is 6.58 Å². The second kappa shape index (κ2) is 8.65. The van der Waals surface area contributed by atoms with Crippen LogP contribution in [0.2, 0.25) is 0 Å². The number of hydrogen-bond acceptors (Lipinski definition) is 4. The Morgan fingerprint density at radius 1 is 1.50 bits per heavy atom. The largest absolute Gasteiger partial charge is 0.469 e. The number of hydrogen-bond donors (Lipinski definition) is 2. The normalized spacial score (nSPS) is 9.36. The van der Waals surface area contributed by atoms with Crippen LogP contribution in [-0.4, -0.2) is 29.5 Å². The van der Waals surface area contributed by atoms with Gasteiger partial charge in [-0.05, 0) is 0 Å². The zero-order valence-corrected chi connectivity index (χ0v) is 8.65. The Kier molecular flexibility index (Phi) is 9.59. The molecule has 0 saturated heterocycles. The molecule has 0 aromatic rings. The Morgan fingerprint density at radius 2 is 2.00 bits per heavy atom. The van der Waals surface area contributed by atoms with Crippen LogP contribution in [-0.2, 0) is 18.6 Å². The van der Waals surface area contributed by atoms with Crippen LogP contribution in [0.4, 0.5) is 0 Å². The van der Waals surface area contributed by atoms with Gasteiger partial charge in [0, 0.05) is 6.08 Å². The van der Waals surface area contributed by atoms with Crippen molar-refractivity contribution in [3.63, 3.8) is 0 Å². The van der Waals surface area contributed by atoms with E-state index >= 15 is 0 Å². The highest BCUT2D eigenvalue weighted by Crippen LogP contribution is 2.35. The van der Waals surface area contributed by atoms with Crippen molar-refractivity contribution in [1.29, 1.82) is 0 Å². The minimum atomic E-state index is -4.25. The minimum absolute atomic E-state index is 0.121. The lowest BCUT2D eigenvalue weighted by molar-refractivity contribution is -0.134. The van der Waals surface area contributed by atoms with Gasteiger partial charge in [-0.25, -0.2) is 9.36 Å². The molecule has 0 heterocycles. The zero-order chi connectivity index (χ0) is 11.6. The van der Waals surface area contributed by atoms with E-state index in [-0.39, 0.29) is 6.61 Å². The lowest BCUT2D eigenvalue weighted by atomic mass is 10.7. The van der Waals surface area contributed by atoms with Crippen LogP contribution in [0, 0.1) is 0 Å². The van der Waals surface area contributed by atoms with Crippen molar-refractivity contribution in [2.75, 3.05) is 13.7 Å². The van der Waals surface area contributed by atoms with Crippen molar-refractivity contribution >= 4 is 13.8 Å². The molecule has 6 nitrogen and oxygen atoms in total. The second-order valence-electron chi connectivity index (χ2n) is 1.80. The molecule has 0 atom stereocenters. The maximum atomic E-state index is 9.84. The molecule has 0 saturated carbocycles. The third-order valence-corrected chi connectivity index (χ3v) is 1.21. The fourth-order valence-electron chi connectivity index (χ4n) is 0.233. The standard InChI is InChI=1S/C4H6O2.C3H7O4P/c1-3-4(5)6-2;1-2-3-7-8(4,5)6/h3H,1H2,2H3;2H,1,3H2,(H2,4,5,6). The Labute approximate surface area is 82.1 Å². The van der Waals surface area contributed by atoms with Gasteiger partial charge in [0.2, 0.25) is 0 Å². The van der Waals surface area contributed by atoms with Crippen LogP contribution in [0.15, 0.2) is 25.3 Å². The summed E-state index contributed by atoms with van der Waals surface area (Å²) >= 11 is 0. The topological polar surface area (TPSA) is 93.1 Å². The van der Waals surface area contributed by atoms with Crippen molar-refractivity contribution in [3.05, 3.63) is 25.3 Å². The van der Waals surface area contributed by atoms with Gasteiger partial charge in [0.25, 0.3) is 0 Å². The number of ether oxygens (including phenoxy) is 1. The predicted octanol–water partition coefficient (Wildman–Crippen LogP) is 0.627. The Balaban J connectivity index is 0. The van der Waals surface area contributed by atoms with Gasteiger partial charge in [0.05, 0.1) is 13.7 Å². The van der Waals surface area contributed by atoms with E-state index in [1.54, 1.807) is 0 Å². The molecule has 82 valence electrons. The number of esters is 1. The molecular formula is C7H13O6P. The van der Waals surface area contributed by atoms with Gasteiger partial charge >= 0.3 is 13.8 Å². The maximum absolute atomic E-state index is 9.84. The SMILES string of the molecule is C=CC(=O)OC.C=CCOP(=O)(O)O. The molecule has 2 N–H and O–H groups in total. The quantitative estimate of drug-likeness (QED) is 0.315. The molecule has 0 rings (SSSR count). The molecule has 7 heteroatoms. The van der Waals surface area contributed by atoms with Gasteiger partial charge in [-0.1, -0.05) is 12.7 Å². The molecule has 0 radical (unpaired) electrons. The predicted molar refractivity (Wildman–Crippen MR) is 50.4 cm³/mol. The van der Waals surface area contributed by atoms with Crippen LogP contribution >= 0.6 is 7.82 Å². The molecule has 0 unspecified atom stereocenters. The highest BCUT2D eigenvalue weighted by Gasteiger charge is 2.10. The summed E-state index contributed by atoms with van der Waals surface area (Å²) in [6.45, 7) is 6.23. The summed E-state index contributed by atoms with van der Waals surface area (Å²) in [6, 6.07) is 0. The molecule has 0 aliphatic rings. The summed E-state index contributed by atoms with van der Waals surface area (Å²) in [5.41, 5.74) is 0. The molecule has 0 aliphatic heterocycles. The van der Waals surface area contributed by atoms with Crippen molar-refractivity contribution in [3.8, 4) is 0 Å². The molecule has 0 aromatic heterocycles. The second-order valence-corrected chi connectivity index (χ2v) is 3.04. The van der Waals surface area contributed by atoms with Crippen molar-refractivity contribution in [2.45, 2.75) is 0 Å². The Morgan fingerprint density at radius 3 is 2.07 bits per heavy atom. The van der Waals surface area contributed by atoms with Gasteiger partial charge in [-0.3, -0.25) is 4.52 Å². The summed E-state index contributed by atoms with van der Waals surface area (Å²) in [4.78, 5) is 25.8. The van der Waals surface area contributed by atoms with Crippen LogP contribution in [0.25, 0.3) is 0 Å². The third kappa shape index (κ3) is 17.2. The van der Waals surface area contributed by atoms with Crippen LogP contribution in [0.5, 0.6) is 0 Å². The van der Waals surface area contributed by atoms with Gasteiger partial charge in [0.15, 0.2) is 0 Å². The summed E-state index contributed by atoms with van der Waals surface area (Å²) in [7, 11) is -2.94. The van der Waals surface area contributed by atoms with E-state index in [1.807, 2.05) is 0 Å². The third-order valence-electron chi connectivity index (χ3n) is 0.728. The molecule has 0 bridgehead atoms. The van der Waals surface area contributed by atoms with Crippen LogP contribution < -0.4 is 0 Å². The summed E-state index contributed by atoms with van der Waals surface area (Å²) in [5.74, 6) is -0.394. The van der Waals surface area contributed by atoms with E-state index in [4.69, 9.17) is 9.79 Å². The van der Waals surface area contributed by atoms with E-state index < -0.39 is 13.8 Å². The van der Waals surface area contributed by atoms with Crippen molar-refractivity contribution in [1.82, 2.24) is 0 Å². The number of rotatable bonds is 4. The monoisotopic (exact) mass is 224 g/mol. The van der Waals surface area contributed by atoms with Crippen molar-refractivity contribution < 1.29 is 28.4 Å². The lowest BCUT2D eigenvalue weighted by Crippen LogP contribution is -1.91. The molecular weight excluding hydrogens is 211 g/mol. The molecule has 0 spiro atoms. The summed E-state index contributed by atoms with van der Waals surface area (Å²) in [5, 5.41) is 0. The Bertz CT molecular complexity index is 230. The maximum Gasteiger partial charge on any atom is 0.469 e. The minimum Gasteiger partial charge on any atom is -0.466 e. The number of carbonyl (C=O) groups is 1. The molecule has 0 aromatic carbocycles. The van der Waals surface area contributed by atoms with Gasteiger partial charge in [0.1, 0.15) is 0 Å². The first-order chi connectivity index (χ1) is 6.37. The molecule has 0 fully saturated rings. The average Bonchev–Trinajstić information content (AvgIpc) is 2.13. The summed E-state index contributed by atoms with van der Waals surface area (Å²) in [6.07, 6.45) is 2.37. The zero-order valence-electron chi connectivity index (χ0n) is 7.75. The molecule has 14 heavy (non-hydrogen) atoms. The van der Waals surface area contributed by atoms with Crippen LogP contribution in [0.1, 0.15) is 0 Å². The highest BCUT2D eigenvalue weighted by atomic mass is 31.2. The first-order valence-corrected chi connectivity index (χ1v) is 4.91. The van der Waals surface area contributed by atoms with Crippen LogP contribution in [0.3, 0.4) is 0 Å². The van der Waals surface area contributed by atoms with Gasteiger partial charge in [-0.2, -0.15) is 0 Å². The first kappa shape index (κ1) is 15.5. The first-order valence-electron chi connectivity index (χ1n) is 3.38. The molecule has 0 aliphatic carbocycles. The average molecular weight is 224 g/mol. The molecule has 0 amide bonds. The number of phosphoric ester groups is 1. The van der Waals surface area contributed by atoms with E-state index in [0.717, 1.165) is 6.08 Å². The van der Waals surface area contributed by atoms with Crippen molar-refractivity contribution in [2.24, 2.45) is 0 Å². The van der Waals surface area contributed by atoms with E-state index in [0.29, 0.717) is 0 Å². The summed E-state index contributed by atoms with van der Waals surface area (Å²) < 4.78 is 17.9. The fraction of sp³-hybridized carbons (Fsp3) is 0.286. The Hall–Kier alpha value is -0.940. The number of carbonyl (C=O) groups excluding carboxylic acids is 1. The lowest BCUT2D eigenvalue weighted by Gasteiger charge is -1.98. The van der Waals surface area contributed by atoms with E-state index in [2.05, 4.69) is 22.4 Å². The number of methoxy groups -OCH3 is 1. The fourth-order valence-corrected chi connectivity index (χ4v) is 0.533.